The van der Waals surface area contributed by atoms with E-state index in [4.69, 9.17) is 4.74 Å². The predicted molar refractivity (Wildman–Crippen MR) is 107 cm³/mol. The summed E-state index contributed by atoms with van der Waals surface area (Å²) in [5, 5.41) is 0. The van der Waals surface area contributed by atoms with Crippen LogP contribution in [0.15, 0.2) is 27.6 Å². The van der Waals surface area contributed by atoms with Crippen LogP contribution in [0.2, 0.25) is 0 Å². The third-order valence-electron chi connectivity index (χ3n) is 5.15. The molecule has 1 amide bonds. The van der Waals surface area contributed by atoms with E-state index in [2.05, 4.69) is 20.7 Å². The molecular weight excluding hydrogens is 432 g/mol. The van der Waals surface area contributed by atoms with Crippen LogP contribution >= 0.6 is 15.9 Å². The van der Waals surface area contributed by atoms with E-state index in [0.29, 0.717) is 25.6 Å². The van der Waals surface area contributed by atoms with E-state index >= 15 is 0 Å². The summed E-state index contributed by atoms with van der Waals surface area (Å²) in [5.41, 5.74) is 0.560. The first-order valence-corrected chi connectivity index (χ1v) is 11.4. The Morgan fingerprint density at radius 1 is 1.33 bits per heavy atom. The van der Waals surface area contributed by atoms with Gasteiger partial charge in [-0.25, -0.2) is 17.9 Å². The van der Waals surface area contributed by atoms with Crippen molar-refractivity contribution in [3.05, 3.63) is 28.2 Å². The highest BCUT2D eigenvalue weighted by Gasteiger charge is 2.54. The van der Waals surface area contributed by atoms with Gasteiger partial charge in [0.1, 0.15) is 5.60 Å². The van der Waals surface area contributed by atoms with Gasteiger partial charge in [-0.2, -0.15) is 0 Å². The van der Waals surface area contributed by atoms with Crippen molar-refractivity contribution in [2.75, 3.05) is 19.6 Å². The number of benzene rings is 1. The van der Waals surface area contributed by atoms with Crippen LogP contribution in [0.4, 0.5) is 4.79 Å². The molecule has 0 bridgehead atoms. The fourth-order valence-corrected chi connectivity index (χ4v) is 5.33. The van der Waals surface area contributed by atoms with E-state index in [0.717, 1.165) is 22.9 Å². The summed E-state index contributed by atoms with van der Waals surface area (Å²) in [7, 11) is -3.50. The molecule has 150 valence electrons. The molecule has 1 saturated heterocycles. The Balaban J connectivity index is 1.45. The van der Waals surface area contributed by atoms with Crippen molar-refractivity contribution in [2.24, 2.45) is 11.3 Å². The number of halogens is 1. The molecule has 2 fully saturated rings. The van der Waals surface area contributed by atoms with Crippen LogP contribution in [0.1, 0.15) is 39.2 Å². The van der Waals surface area contributed by atoms with Gasteiger partial charge in [-0.05, 0) is 70.2 Å². The average molecular weight is 459 g/mol. The normalized spacial score (nSPS) is 19.5. The number of likely N-dealkylation sites (tertiary alicyclic amines) is 1. The summed E-state index contributed by atoms with van der Waals surface area (Å²) in [6.07, 6.45) is 1.62. The zero-order chi connectivity index (χ0) is 20.0. The number of nitrogens with one attached hydrogen (secondary N) is 1. The Bertz CT molecular complexity index is 834. The fraction of sp³-hybridized carbons (Fsp3) is 0.632. The molecular formula is C19H27BrN2O4S. The van der Waals surface area contributed by atoms with Crippen LogP contribution in [0.25, 0.3) is 0 Å². The minimum Gasteiger partial charge on any atom is -0.444 e. The van der Waals surface area contributed by atoms with E-state index in [-0.39, 0.29) is 16.4 Å². The maximum Gasteiger partial charge on any atom is 0.410 e. The molecule has 0 atom stereocenters. The molecule has 1 heterocycles. The Labute approximate surface area is 169 Å². The van der Waals surface area contributed by atoms with E-state index in [1.807, 2.05) is 27.7 Å². The topological polar surface area (TPSA) is 75.7 Å². The summed E-state index contributed by atoms with van der Waals surface area (Å²) in [6, 6.07) is 5.02. The van der Waals surface area contributed by atoms with E-state index in [1.165, 1.54) is 0 Å². The van der Waals surface area contributed by atoms with E-state index in [1.54, 1.807) is 23.1 Å². The third kappa shape index (κ3) is 4.66. The second-order valence-electron chi connectivity index (χ2n) is 8.87. The average Bonchev–Trinajstić information content (AvgIpc) is 2.44. The minimum atomic E-state index is -3.50. The monoisotopic (exact) mass is 458 g/mol. The zero-order valence-electron chi connectivity index (χ0n) is 16.2. The van der Waals surface area contributed by atoms with Crippen molar-refractivity contribution >= 4 is 32.0 Å². The SMILES string of the molecule is Cc1cc(S(=O)(=O)NCC2CC3(C2)CN(C(=O)OC(C)(C)C)C3)ccc1Br. The first-order valence-electron chi connectivity index (χ1n) is 9.13. The van der Waals surface area contributed by atoms with Crippen molar-refractivity contribution in [2.45, 2.75) is 51.0 Å². The number of carbonyl (C=O) groups excluding carboxylic acids is 1. The number of aryl methyl sites for hydroxylation is 1. The Hall–Kier alpha value is -1.12. The van der Waals surface area contributed by atoms with Gasteiger partial charge < -0.3 is 9.64 Å². The molecule has 3 rings (SSSR count). The maximum atomic E-state index is 12.5. The molecule has 1 aliphatic carbocycles. The number of sulfonamides is 1. The third-order valence-corrected chi connectivity index (χ3v) is 7.46. The Kier molecular flexibility index (Phi) is 5.38. The standard InChI is InChI=1S/C19H27BrN2O4S/c1-13-7-15(5-6-16(13)20)27(24,25)21-10-14-8-19(9-14)11-22(12-19)17(23)26-18(2,3)4/h5-7,14,21H,8-12H2,1-4H3. The summed E-state index contributed by atoms with van der Waals surface area (Å²) < 4.78 is 33.9. The Morgan fingerprint density at radius 3 is 2.52 bits per heavy atom. The quantitative estimate of drug-likeness (QED) is 0.746. The molecule has 8 heteroatoms. The molecule has 1 saturated carbocycles. The molecule has 1 aromatic rings. The summed E-state index contributed by atoms with van der Waals surface area (Å²) in [4.78, 5) is 14.0. The fourth-order valence-electron chi connectivity index (χ4n) is 3.88. The molecule has 1 aromatic carbocycles. The molecule has 6 nitrogen and oxygen atoms in total. The molecule has 1 aliphatic heterocycles. The van der Waals surface area contributed by atoms with E-state index in [9.17, 15) is 13.2 Å². The molecule has 1 spiro atoms. The maximum absolute atomic E-state index is 12.5. The first-order chi connectivity index (χ1) is 12.4. The molecule has 0 radical (unpaired) electrons. The van der Waals surface area contributed by atoms with Gasteiger partial charge in [-0.3, -0.25) is 0 Å². The molecule has 2 aliphatic rings. The lowest BCUT2D eigenvalue weighted by molar-refractivity contribution is -0.0934. The van der Waals surface area contributed by atoms with Crippen molar-refractivity contribution in [1.82, 2.24) is 9.62 Å². The largest absolute Gasteiger partial charge is 0.444 e. The number of hydrogen-bond acceptors (Lipinski definition) is 4. The molecule has 27 heavy (non-hydrogen) atoms. The molecule has 0 aromatic heterocycles. The zero-order valence-corrected chi connectivity index (χ0v) is 18.6. The second kappa shape index (κ2) is 7.04. The van der Waals surface area contributed by atoms with Gasteiger partial charge >= 0.3 is 6.09 Å². The number of ether oxygens (including phenoxy) is 1. The lowest BCUT2D eigenvalue weighted by Crippen LogP contribution is -2.65. The van der Waals surface area contributed by atoms with Crippen LogP contribution < -0.4 is 4.72 Å². The Morgan fingerprint density at radius 2 is 1.96 bits per heavy atom. The van der Waals surface area contributed by atoms with Crippen LogP contribution in [0, 0.1) is 18.3 Å². The van der Waals surface area contributed by atoms with Crippen LogP contribution in [0.5, 0.6) is 0 Å². The first kappa shape index (κ1) is 20.6. The second-order valence-corrected chi connectivity index (χ2v) is 11.5. The van der Waals surface area contributed by atoms with Gasteiger partial charge in [0.25, 0.3) is 0 Å². The van der Waals surface area contributed by atoms with Crippen molar-refractivity contribution in [3.63, 3.8) is 0 Å². The van der Waals surface area contributed by atoms with Crippen molar-refractivity contribution in [1.29, 1.82) is 0 Å². The summed E-state index contributed by atoms with van der Waals surface area (Å²) in [6.45, 7) is 9.29. The van der Waals surface area contributed by atoms with Gasteiger partial charge in [0.2, 0.25) is 10.0 Å². The predicted octanol–water partition coefficient (Wildman–Crippen LogP) is 3.68. The van der Waals surface area contributed by atoms with Crippen LogP contribution in [0.3, 0.4) is 0 Å². The van der Waals surface area contributed by atoms with Gasteiger partial charge in [0.05, 0.1) is 4.90 Å². The smallest absolute Gasteiger partial charge is 0.410 e. The highest BCUT2D eigenvalue weighted by atomic mass is 79.9. The molecule has 0 unspecified atom stereocenters. The summed E-state index contributed by atoms with van der Waals surface area (Å²) in [5.74, 6) is 0.317. The van der Waals surface area contributed by atoms with E-state index < -0.39 is 15.6 Å². The van der Waals surface area contributed by atoms with Crippen molar-refractivity contribution in [3.8, 4) is 0 Å². The number of amides is 1. The van der Waals surface area contributed by atoms with Gasteiger partial charge in [0.15, 0.2) is 0 Å². The number of carbonyl (C=O) groups is 1. The van der Waals surface area contributed by atoms with Gasteiger partial charge in [-0.15, -0.1) is 0 Å². The molecule has 1 N–H and O–H groups in total. The van der Waals surface area contributed by atoms with Crippen LogP contribution in [-0.4, -0.2) is 44.6 Å². The van der Waals surface area contributed by atoms with Crippen LogP contribution in [-0.2, 0) is 14.8 Å². The number of hydrogen-bond donors (Lipinski definition) is 1. The number of rotatable bonds is 4. The number of nitrogens with zero attached hydrogens (tertiary/aromatic N) is 1. The highest BCUT2D eigenvalue weighted by Crippen LogP contribution is 2.51. The lowest BCUT2D eigenvalue weighted by Gasteiger charge is -2.58. The minimum absolute atomic E-state index is 0.154. The highest BCUT2D eigenvalue weighted by molar-refractivity contribution is 9.10. The van der Waals surface area contributed by atoms with Gasteiger partial charge in [0, 0.05) is 29.5 Å². The van der Waals surface area contributed by atoms with Crippen molar-refractivity contribution < 1.29 is 17.9 Å². The summed E-state index contributed by atoms with van der Waals surface area (Å²) >= 11 is 3.38. The lowest BCUT2D eigenvalue weighted by atomic mass is 9.58. The van der Waals surface area contributed by atoms with Gasteiger partial charge in [-0.1, -0.05) is 15.9 Å².